The van der Waals surface area contributed by atoms with Crippen molar-refractivity contribution in [1.29, 1.82) is 0 Å². The lowest BCUT2D eigenvalue weighted by atomic mass is 10.1. The highest BCUT2D eigenvalue weighted by atomic mass is 35.5. The van der Waals surface area contributed by atoms with Crippen LogP contribution in [0.5, 0.6) is 5.75 Å². The molecular formula is C24H31ClN2O3S. The first-order valence-corrected chi connectivity index (χ1v) is 11.6. The maximum atomic E-state index is 13.1. The van der Waals surface area contributed by atoms with E-state index in [4.69, 9.17) is 16.3 Å². The highest BCUT2D eigenvalue weighted by Crippen LogP contribution is 2.22. The van der Waals surface area contributed by atoms with Crippen LogP contribution in [0.25, 0.3) is 0 Å². The molecule has 2 aromatic carbocycles. The summed E-state index contributed by atoms with van der Waals surface area (Å²) in [6, 6.07) is 14.5. The molecule has 168 valence electrons. The third kappa shape index (κ3) is 8.46. The molecule has 0 bridgehead atoms. The standard InChI is InChI=1S/C24H31ClN2O3S/c1-17(23(29)26-24(2,3)4)27(16-18-6-10-20(30-5)11-7-18)22(28)14-15-31-21-12-8-19(25)9-13-21/h6-13,17H,14-16H2,1-5H3,(H,26,29)/t17-/m0/s1. The second-order valence-corrected chi connectivity index (χ2v) is 9.94. The average molecular weight is 463 g/mol. The molecule has 0 saturated heterocycles. The number of methoxy groups -OCH3 is 1. The minimum atomic E-state index is -0.589. The molecule has 0 radical (unpaired) electrons. The van der Waals surface area contributed by atoms with Crippen LogP contribution in [0.1, 0.15) is 39.7 Å². The van der Waals surface area contributed by atoms with Crippen molar-refractivity contribution in [2.45, 2.75) is 57.1 Å². The third-order valence-electron chi connectivity index (χ3n) is 4.58. The maximum Gasteiger partial charge on any atom is 0.242 e. The molecular weight excluding hydrogens is 432 g/mol. The molecule has 0 heterocycles. The fraction of sp³-hybridized carbons (Fsp3) is 0.417. The number of hydrogen-bond donors (Lipinski definition) is 1. The average Bonchev–Trinajstić information content (AvgIpc) is 2.72. The van der Waals surface area contributed by atoms with Gasteiger partial charge in [-0.15, -0.1) is 11.8 Å². The monoisotopic (exact) mass is 462 g/mol. The van der Waals surface area contributed by atoms with Gasteiger partial charge in [0, 0.05) is 34.2 Å². The summed E-state index contributed by atoms with van der Waals surface area (Å²) in [5.41, 5.74) is 0.569. The van der Waals surface area contributed by atoms with E-state index >= 15 is 0 Å². The van der Waals surface area contributed by atoms with Crippen LogP contribution < -0.4 is 10.1 Å². The Hall–Kier alpha value is -2.18. The molecule has 1 N–H and O–H groups in total. The van der Waals surface area contributed by atoms with E-state index in [2.05, 4.69) is 5.32 Å². The number of nitrogens with one attached hydrogen (secondary N) is 1. The van der Waals surface area contributed by atoms with Crippen molar-refractivity contribution in [3.05, 3.63) is 59.1 Å². The van der Waals surface area contributed by atoms with E-state index in [1.165, 1.54) is 0 Å². The zero-order chi connectivity index (χ0) is 23.0. The van der Waals surface area contributed by atoms with Gasteiger partial charge in [0.1, 0.15) is 11.8 Å². The minimum Gasteiger partial charge on any atom is -0.497 e. The summed E-state index contributed by atoms with van der Waals surface area (Å²) in [5.74, 6) is 1.14. The van der Waals surface area contributed by atoms with Gasteiger partial charge >= 0.3 is 0 Å². The number of carbonyl (C=O) groups is 2. The van der Waals surface area contributed by atoms with Crippen LogP contribution >= 0.6 is 23.4 Å². The lowest BCUT2D eigenvalue weighted by molar-refractivity contribution is -0.140. The summed E-state index contributed by atoms with van der Waals surface area (Å²) in [6.45, 7) is 7.91. The van der Waals surface area contributed by atoms with Crippen molar-refractivity contribution in [2.24, 2.45) is 0 Å². The smallest absolute Gasteiger partial charge is 0.242 e. The Morgan fingerprint density at radius 2 is 1.71 bits per heavy atom. The summed E-state index contributed by atoms with van der Waals surface area (Å²) < 4.78 is 5.21. The van der Waals surface area contributed by atoms with Crippen LogP contribution in [0.15, 0.2) is 53.4 Å². The molecule has 7 heteroatoms. The summed E-state index contributed by atoms with van der Waals surface area (Å²) >= 11 is 7.52. The van der Waals surface area contributed by atoms with Gasteiger partial charge in [-0.3, -0.25) is 9.59 Å². The first-order valence-electron chi connectivity index (χ1n) is 10.2. The number of rotatable bonds is 9. The Morgan fingerprint density at radius 1 is 1.10 bits per heavy atom. The SMILES string of the molecule is COc1ccc(CN(C(=O)CCSc2ccc(Cl)cc2)[C@@H](C)C(=O)NC(C)(C)C)cc1. The number of nitrogens with zero attached hydrogens (tertiary/aromatic N) is 1. The van der Waals surface area contributed by atoms with Crippen LogP contribution in [0.2, 0.25) is 5.02 Å². The lowest BCUT2D eigenvalue weighted by Crippen LogP contribution is -2.52. The van der Waals surface area contributed by atoms with Gasteiger partial charge in [0.15, 0.2) is 0 Å². The second-order valence-electron chi connectivity index (χ2n) is 8.34. The Morgan fingerprint density at radius 3 is 2.26 bits per heavy atom. The number of carbonyl (C=O) groups excluding carboxylic acids is 2. The van der Waals surface area contributed by atoms with E-state index in [0.29, 0.717) is 23.7 Å². The van der Waals surface area contributed by atoms with Crippen LogP contribution in [0.3, 0.4) is 0 Å². The summed E-state index contributed by atoms with van der Waals surface area (Å²) in [7, 11) is 1.61. The van der Waals surface area contributed by atoms with E-state index in [-0.39, 0.29) is 17.4 Å². The third-order valence-corrected chi connectivity index (χ3v) is 5.84. The Balaban J connectivity index is 2.09. The van der Waals surface area contributed by atoms with Gasteiger partial charge in [-0.2, -0.15) is 0 Å². The largest absolute Gasteiger partial charge is 0.497 e. The van der Waals surface area contributed by atoms with E-state index in [0.717, 1.165) is 16.2 Å². The summed E-state index contributed by atoms with van der Waals surface area (Å²) in [6.07, 6.45) is 0.330. The number of amides is 2. The highest BCUT2D eigenvalue weighted by molar-refractivity contribution is 7.99. The predicted octanol–water partition coefficient (Wildman–Crippen LogP) is 5.16. The van der Waals surface area contributed by atoms with E-state index < -0.39 is 6.04 Å². The van der Waals surface area contributed by atoms with Crippen molar-refractivity contribution < 1.29 is 14.3 Å². The molecule has 2 amide bonds. The van der Waals surface area contributed by atoms with Gasteiger partial charge in [0.05, 0.1) is 7.11 Å². The minimum absolute atomic E-state index is 0.0613. The van der Waals surface area contributed by atoms with Crippen molar-refractivity contribution in [1.82, 2.24) is 10.2 Å². The Bertz CT molecular complexity index is 864. The molecule has 0 saturated carbocycles. The second kappa shape index (κ2) is 11.4. The van der Waals surface area contributed by atoms with E-state index in [1.54, 1.807) is 30.7 Å². The van der Waals surface area contributed by atoms with Crippen molar-refractivity contribution in [2.75, 3.05) is 12.9 Å². The van der Waals surface area contributed by atoms with E-state index in [1.807, 2.05) is 69.3 Å². The molecule has 0 fully saturated rings. The molecule has 0 aliphatic carbocycles. The Kier molecular flexibility index (Phi) is 9.26. The van der Waals surface area contributed by atoms with Gasteiger partial charge in [-0.1, -0.05) is 23.7 Å². The van der Waals surface area contributed by atoms with Gasteiger partial charge in [-0.25, -0.2) is 0 Å². The zero-order valence-electron chi connectivity index (χ0n) is 18.8. The molecule has 0 aromatic heterocycles. The van der Waals surface area contributed by atoms with Gasteiger partial charge in [0.25, 0.3) is 0 Å². The molecule has 0 unspecified atom stereocenters. The molecule has 0 aliphatic heterocycles. The normalized spacial score (nSPS) is 12.2. The van der Waals surface area contributed by atoms with Crippen LogP contribution in [-0.4, -0.2) is 41.2 Å². The van der Waals surface area contributed by atoms with Gasteiger partial charge in [0.2, 0.25) is 11.8 Å². The van der Waals surface area contributed by atoms with Crippen molar-refractivity contribution >= 4 is 35.2 Å². The lowest BCUT2D eigenvalue weighted by Gasteiger charge is -2.31. The van der Waals surface area contributed by atoms with Crippen molar-refractivity contribution in [3.8, 4) is 5.75 Å². The van der Waals surface area contributed by atoms with Crippen molar-refractivity contribution in [3.63, 3.8) is 0 Å². The zero-order valence-corrected chi connectivity index (χ0v) is 20.3. The quantitative estimate of drug-likeness (QED) is 0.523. The summed E-state index contributed by atoms with van der Waals surface area (Å²) in [5, 5.41) is 3.66. The van der Waals surface area contributed by atoms with Crippen LogP contribution in [0, 0.1) is 0 Å². The van der Waals surface area contributed by atoms with Gasteiger partial charge in [-0.05, 0) is 69.7 Å². The number of benzene rings is 2. The van der Waals surface area contributed by atoms with Crippen LogP contribution in [-0.2, 0) is 16.1 Å². The summed E-state index contributed by atoms with van der Waals surface area (Å²) in [4.78, 5) is 28.6. The molecule has 2 aromatic rings. The highest BCUT2D eigenvalue weighted by Gasteiger charge is 2.28. The Labute approximate surface area is 194 Å². The molecule has 31 heavy (non-hydrogen) atoms. The molecule has 5 nitrogen and oxygen atoms in total. The molecule has 2 rings (SSSR count). The van der Waals surface area contributed by atoms with Crippen LogP contribution in [0.4, 0.5) is 0 Å². The topological polar surface area (TPSA) is 58.6 Å². The fourth-order valence-corrected chi connectivity index (χ4v) is 3.88. The fourth-order valence-electron chi connectivity index (χ4n) is 2.91. The number of halogens is 1. The number of hydrogen-bond acceptors (Lipinski definition) is 4. The maximum absolute atomic E-state index is 13.1. The predicted molar refractivity (Wildman–Crippen MR) is 128 cm³/mol. The molecule has 0 spiro atoms. The number of ether oxygens (including phenoxy) is 1. The first kappa shape index (κ1) is 25.1. The van der Waals surface area contributed by atoms with Gasteiger partial charge < -0.3 is 15.0 Å². The number of thioether (sulfide) groups is 1. The van der Waals surface area contributed by atoms with E-state index in [9.17, 15) is 9.59 Å². The molecule has 1 atom stereocenters. The molecule has 0 aliphatic rings. The first-order chi connectivity index (χ1) is 14.6.